The lowest BCUT2D eigenvalue weighted by Crippen LogP contribution is -2.41. The van der Waals surface area contributed by atoms with Crippen LogP contribution in [0, 0.1) is 0 Å². The van der Waals surface area contributed by atoms with Gasteiger partial charge < -0.3 is 5.11 Å². The van der Waals surface area contributed by atoms with E-state index in [0.29, 0.717) is 9.67 Å². The van der Waals surface area contributed by atoms with Gasteiger partial charge in [0.2, 0.25) is 6.02 Å². The fourth-order valence-electron chi connectivity index (χ4n) is 2.18. The van der Waals surface area contributed by atoms with Crippen molar-refractivity contribution in [1.29, 1.82) is 0 Å². The van der Waals surface area contributed by atoms with Crippen LogP contribution >= 0.6 is 22.7 Å². The van der Waals surface area contributed by atoms with Gasteiger partial charge in [-0.1, -0.05) is 53.0 Å². The van der Waals surface area contributed by atoms with Crippen molar-refractivity contribution in [2.45, 2.75) is 0 Å². The Balaban J connectivity index is 1.88. The molecule has 1 aliphatic rings. The molecule has 5 nitrogen and oxygen atoms in total. The van der Waals surface area contributed by atoms with Crippen molar-refractivity contribution < 1.29 is 9.90 Å². The van der Waals surface area contributed by atoms with Crippen molar-refractivity contribution >= 4 is 49.8 Å². The molecule has 2 heterocycles. The van der Waals surface area contributed by atoms with E-state index in [1.54, 1.807) is 24.3 Å². The van der Waals surface area contributed by atoms with Crippen LogP contribution in [0.4, 0.5) is 10.5 Å². The highest BCUT2D eigenvalue weighted by molar-refractivity contribution is 7.35. The maximum absolute atomic E-state index is 12.5. The van der Waals surface area contributed by atoms with E-state index < -0.39 is 12.1 Å². The molecule has 1 aliphatic heterocycles. The quantitative estimate of drug-likeness (QED) is 0.642. The first-order valence-corrected chi connectivity index (χ1v) is 8.14. The van der Waals surface area contributed by atoms with Crippen molar-refractivity contribution in [1.82, 2.24) is 4.68 Å². The van der Waals surface area contributed by atoms with Gasteiger partial charge in [-0.25, -0.2) is 0 Å². The maximum Gasteiger partial charge on any atom is 0.531 e. The molecule has 22 heavy (non-hydrogen) atoms. The Morgan fingerprint density at radius 1 is 0.955 bits per heavy atom. The van der Waals surface area contributed by atoms with Crippen LogP contribution in [0.15, 0.2) is 59.7 Å². The summed E-state index contributed by atoms with van der Waals surface area (Å²) in [7, 11) is 0. The molecule has 1 aromatic heterocycles. The first-order chi connectivity index (χ1) is 10.7. The number of anilines is 1. The maximum atomic E-state index is 12.5. The number of hydrogen-bond donors (Lipinski definition) is 0. The summed E-state index contributed by atoms with van der Waals surface area (Å²) in [5.41, 5.74) is 0.523. The number of para-hydroxylation sites is 1. The SMILES string of the molecule is O=C1N(c2ccccc2)C([O-])=N[N+]1=c1sc2ccccc2s1. The van der Waals surface area contributed by atoms with Crippen LogP contribution in [0.1, 0.15) is 0 Å². The van der Waals surface area contributed by atoms with E-state index in [1.165, 1.54) is 27.4 Å². The molecule has 0 fully saturated rings. The Morgan fingerprint density at radius 3 is 2.18 bits per heavy atom. The number of fused-ring (bicyclic) bond motifs is 1. The van der Waals surface area contributed by atoms with Crippen molar-refractivity contribution in [3.63, 3.8) is 0 Å². The number of amides is 2. The third-order valence-electron chi connectivity index (χ3n) is 3.18. The minimum atomic E-state index is -0.569. The third kappa shape index (κ3) is 2.02. The summed E-state index contributed by atoms with van der Waals surface area (Å²) < 4.78 is 4.00. The summed E-state index contributed by atoms with van der Waals surface area (Å²) in [6.45, 7) is 0. The molecule has 0 saturated carbocycles. The number of carbonyl (C=O) groups excluding carboxylic acids is 1. The Hall–Kier alpha value is -2.51. The van der Waals surface area contributed by atoms with Gasteiger partial charge in [0.15, 0.2) is 0 Å². The van der Waals surface area contributed by atoms with E-state index in [-0.39, 0.29) is 0 Å². The molecule has 3 aromatic rings. The van der Waals surface area contributed by atoms with Crippen molar-refractivity contribution in [3.8, 4) is 0 Å². The molecule has 0 spiro atoms. The molecule has 0 aliphatic carbocycles. The molecule has 0 unspecified atom stereocenters. The molecule has 2 amide bonds. The molecule has 4 rings (SSSR count). The lowest BCUT2D eigenvalue weighted by Gasteiger charge is -2.10. The van der Waals surface area contributed by atoms with Gasteiger partial charge in [0.25, 0.3) is 3.98 Å². The van der Waals surface area contributed by atoms with Crippen LogP contribution in [-0.2, 0) is 0 Å². The zero-order valence-corrected chi connectivity index (χ0v) is 12.8. The van der Waals surface area contributed by atoms with Gasteiger partial charge >= 0.3 is 6.03 Å². The molecule has 2 aromatic carbocycles. The van der Waals surface area contributed by atoms with Crippen LogP contribution in [-0.4, -0.2) is 12.1 Å². The number of rotatable bonds is 1. The second-order valence-electron chi connectivity index (χ2n) is 4.56. The average Bonchev–Trinajstić information content (AvgIpc) is 3.09. The van der Waals surface area contributed by atoms with Crippen LogP contribution in [0.3, 0.4) is 0 Å². The van der Waals surface area contributed by atoms with E-state index in [4.69, 9.17) is 0 Å². The van der Waals surface area contributed by atoms with Crippen LogP contribution in [0.25, 0.3) is 9.40 Å². The van der Waals surface area contributed by atoms with Gasteiger partial charge in [0.05, 0.1) is 0 Å². The Kier molecular flexibility index (Phi) is 3.02. The van der Waals surface area contributed by atoms with Gasteiger partial charge in [-0.2, -0.15) is 4.79 Å². The Morgan fingerprint density at radius 2 is 1.55 bits per heavy atom. The molecule has 0 saturated heterocycles. The predicted octanol–water partition coefficient (Wildman–Crippen LogP) is 2.01. The second-order valence-corrected chi connectivity index (χ2v) is 6.88. The Bertz CT molecular complexity index is 937. The summed E-state index contributed by atoms with van der Waals surface area (Å²) >= 11 is 2.90. The number of amidine groups is 1. The number of hydrogen-bond acceptors (Lipinski definition) is 5. The summed E-state index contributed by atoms with van der Waals surface area (Å²) in [6.07, 6.45) is 0. The summed E-state index contributed by atoms with van der Waals surface area (Å²) in [6, 6.07) is 15.7. The highest BCUT2D eigenvalue weighted by Gasteiger charge is 2.37. The zero-order valence-electron chi connectivity index (χ0n) is 11.2. The van der Waals surface area contributed by atoms with Gasteiger partial charge in [-0.05, 0) is 34.1 Å². The van der Waals surface area contributed by atoms with E-state index in [9.17, 15) is 9.90 Å². The number of nitrogens with zero attached hydrogens (tertiary/aromatic N) is 3. The number of urea groups is 1. The molecule has 7 heteroatoms. The predicted molar refractivity (Wildman–Crippen MR) is 86.7 cm³/mol. The molecule has 108 valence electrons. The topological polar surface area (TPSA) is 58.7 Å². The lowest BCUT2D eigenvalue weighted by molar-refractivity contribution is -0.216. The zero-order chi connectivity index (χ0) is 15.1. The van der Waals surface area contributed by atoms with E-state index in [0.717, 1.165) is 14.3 Å². The third-order valence-corrected chi connectivity index (χ3v) is 5.66. The number of carbonyl (C=O) groups is 1. The first kappa shape index (κ1) is 13.2. The number of benzene rings is 2. The van der Waals surface area contributed by atoms with E-state index in [2.05, 4.69) is 5.10 Å². The van der Waals surface area contributed by atoms with Crippen LogP contribution in [0.5, 0.6) is 0 Å². The standard InChI is InChI=1S/C15H9N3O2S2/c19-13-16-18(14(20)17(13)10-6-2-1-3-7-10)15-21-11-8-4-5-9-12(11)22-15/h1-9H. The minimum absolute atomic E-state index is 0.445. The lowest BCUT2D eigenvalue weighted by atomic mass is 10.3. The van der Waals surface area contributed by atoms with E-state index >= 15 is 0 Å². The van der Waals surface area contributed by atoms with Gasteiger partial charge in [0, 0.05) is 9.40 Å². The van der Waals surface area contributed by atoms with Crippen LogP contribution < -0.4 is 18.7 Å². The minimum Gasteiger partial charge on any atom is -0.824 e. The highest BCUT2D eigenvalue weighted by Crippen LogP contribution is 2.21. The number of hydrazone groups is 1. The van der Waals surface area contributed by atoms with Crippen molar-refractivity contribution in [2.75, 3.05) is 4.90 Å². The normalized spacial score (nSPS) is 14.7. The fraction of sp³-hybridized carbons (Fsp3) is 0. The van der Waals surface area contributed by atoms with Crippen LogP contribution in [0.2, 0.25) is 0 Å². The summed E-state index contributed by atoms with van der Waals surface area (Å²) in [5, 5.41) is 16.0. The van der Waals surface area contributed by atoms with Gasteiger partial charge in [-0.3, -0.25) is 0 Å². The Labute approximate surface area is 133 Å². The molecular formula is C15H9N3O2S2. The monoisotopic (exact) mass is 327 g/mol. The van der Waals surface area contributed by atoms with Crippen molar-refractivity contribution in [2.24, 2.45) is 5.10 Å². The molecule has 0 N–H and O–H groups in total. The fourth-order valence-corrected chi connectivity index (χ4v) is 4.55. The molecule has 0 atom stereocenters. The highest BCUT2D eigenvalue weighted by atomic mass is 32.2. The second kappa shape index (κ2) is 5.04. The summed E-state index contributed by atoms with van der Waals surface area (Å²) in [5.74, 6) is 0. The van der Waals surface area contributed by atoms with Gasteiger partial charge in [-0.15, -0.1) is 4.90 Å². The first-order valence-electron chi connectivity index (χ1n) is 6.50. The average molecular weight is 327 g/mol. The molecule has 0 radical (unpaired) electrons. The largest absolute Gasteiger partial charge is 0.824 e. The molecular weight excluding hydrogens is 318 g/mol. The van der Waals surface area contributed by atoms with E-state index in [1.807, 2.05) is 30.3 Å². The smallest absolute Gasteiger partial charge is 0.531 e. The molecule has 0 bridgehead atoms. The van der Waals surface area contributed by atoms with Gasteiger partial charge in [0.1, 0.15) is 5.69 Å². The van der Waals surface area contributed by atoms with Crippen molar-refractivity contribution in [3.05, 3.63) is 58.6 Å². The summed E-state index contributed by atoms with van der Waals surface area (Å²) in [4.78, 5) is 13.6.